The van der Waals surface area contributed by atoms with E-state index in [0.29, 0.717) is 23.8 Å². The van der Waals surface area contributed by atoms with Crippen molar-refractivity contribution in [3.63, 3.8) is 0 Å². The monoisotopic (exact) mass is 471 g/mol. The van der Waals surface area contributed by atoms with E-state index < -0.39 is 0 Å². The number of anilines is 2. The first-order valence-corrected chi connectivity index (χ1v) is 12.5. The van der Waals surface area contributed by atoms with Crippen molar-refractivity contribution in [3.8, 4) is 10.4 Å². The first kappa shape index (κ1) is 22.6. The van der Waals surface area contributed by atoms with Crippen LogP contribution in [0.1, 0.15) is 40.2 Å². The molecular formula is C28H29N3O2S. The second-order valence-corrected chi connectivity index (χ2v) is 9.95. The Labute approximate surface area is 204 Å². The third kappa shape index (κ3) is 4.69. The van der Waals surface area contributed by atoms with E-state index in [4.69, 9.17) is 10.5 Å². The molecule has 0 bridgehead atoms. The molecule has 2 N–H and O–H groups in total. The molecule has 174 valence electrons. The molecule has 0 atom stereocenters. The van der Waals surface area contributed by atoms with Crippen LogP contribution in [0.4, 0.5) is 11.4 Å². The fourth-order valence-electron chi connectivity index (χ4n) is 4.37. The Balaban J connectivity index is 1.43. The normalized spacial score (nSPS) is 13.4. The maximum Gasteiger partial charge on any atom is 0.168 e. The van der Waals surface area contributed by atoms with Crippen molar-refractivity contribution in [2.45, 2.75) is 25.2 Å². The number of nitrogens with zero attached hydrogens (tertiary/aromatic N) is 2. The second kappa shape index (κ2) is 9.57. The zero-order chi connectivity index (χ0) is 23.7. The van der Waals surface area contributed by atoms with Gasteiger partial charge in [0.2, 0.25) is 0 Å². The summed E-state index contributed by atoms with van der Waals surface area (Å²) < 4.78 is 5.26. The lowest BCUT2D eigenvalue weighted by Crippen LogP contribution is -2.23. The largest absolute Gasteiger partial charge is 0.398 e. The van der Waals surface area contributed by atoms with Gasteiger partial charge in [0, 0.05) is 60.5 Å². The van der Waals surface area contributed by atoms with Gasteiger partial charge >= 0.3 is 0 Å². The lowest BCUT2D eigenvalue weighted by atomic mass is 9.98. The summed E-state index contributed by atoms with van der Waals surface area (Å²) >= 11 is 1.68. The molecular weight excluding hydrogens is 442 g/mol. The number of pyridine rings is 1. The minimum absolute atomic E-state index is 0.0266. The standard InChI is InChI=1S/C28H29N3O2S/c1-31(9-10-33-2)26-16-25-21(14-23(26)18-5-6-18)13-22(17-30-25)27(32)15-20-12-19(7-8-24(20)29)28-4-3-11-34-28/h3-4,7-8,11-14,16-18H,5-6,9-10,15,29H2,1-2H3. The third-order valence-corrected chi connectivity index (χ3v) is 7.43. The lowest BCUT2D eigenvalue weighted by molar-refractivity contribution is 0.0993. The van der Waals surface area contributed by atoms with Crippen LogP contribution in [-0.4, -0.2) is 38.1 Å². The molecule has 0 radical (unpaired) electrons. The summed E-state index contributed by atoms with van der Waals surface area (Å²) in [5.74, 6) is 0.613. The number of aromatic nitrogens is 1. The van der Waals surface area contributed by atoms with Gasteiger partial charge in [-0.3, -0.25) is 9.78 Å². The number of ketones is 1. The number of carbonyl (C=O) groups is 1. The maximum absolute atomic E-state index is 13.2. The van der Waals surface area contributed by atoms with Crippen molar-refractivity contribution < 1.29 is 9.53 Å². The van der Waals surface area contributed by atoms with Gasteiger partial charge in [-0.1, -0.05) is 12.1 Å². The molecule has 34 heavy (non-hydrogen) atoms. The highest BCUT2D eigenvalue weighted by Crippen LogP contribution is 2.45. The number of likely N-dealkylation sites (N-methyl/N-ethyl adjacent to an activating group) is 1. The Hall–Kier alpha value is -3.22. The van der Waals surface area contributed by atoms with Crippen molar-refractivity contribution in [3.05, 3.63) is 76.8 Å². The number of rotatable bonds is 9. The lowest BCUT2D eigenvalue weighted by Gasteiger charge is -2.23. The SMILES string of the molecule is COCCN(C)c1cc2ncc(C(=O)Cc3cc(-c4cccs4)ccc3N)cc2cc1C1CC1. The Kier molecular flexibility index (Phi) is 6.35. The third-order valence-electron chi connectivity index (χ3n) is 6.51. The van der Waals surface area contributed by atoms with Crippen LogP contribution in [0.15, 0.2) is 60.1 Å². The molecule has 5 rings (SSSR count). The summed E-state index contributed by atoms with van der Waals surface area (Å²) in [7, 11) is 3.82. The highest BCUT2D eigenvalue weighted by Gasteiger charge is 2.28. The van der Waals surface area contributed by atoms with Crippen LogP contribution in [0.25, 0.3) is 21.3 Å². The molecule has 1 aliphatic carbocycles. The molecule has 0 amide bonds. The average molecular weight is 472 g/mol. The molecule has 1 fully saturated rings. The van der Waals surface area contributed by atoms with Gasteiger partial charge < -0.3 is 15.4 Å². The summed E-state index contributed by atoms with van der Waals surface area (Å²) in [4.78, 5) is 21.3. The molecule has 4 aromatic rings. The Morgan fingerprint density at radius 2 is 2.06 bits per heavy atom. The van der Waals surface area contributed by atoms with E-state index in [2.05, 4.69) is 35.1 Å². The van der Waals surface area contributed by atoms with Gasteiger partial charge in [-0.05, 0) is 77.2 Å². The number of hydrogen-bond donors (Lipinski definition) is 1. The number of thiophene rings is 1. The van der Waals surface area contributed by atoms with E-state index in [1.807, 2.05) is 35.7 Å². The smallest absolute Gasteiger partial charge is 0.168 e. The molecule has 1 aliphatic rings. The zero-order valence-corrected chi connectivity index (χ0v) is 20.4. The second-order valence-electron chi connectivity index (χ2n) is 9.01. The number of hydrogen-bond acceptors (Lipinski definition) is 6. The summed E-state index contributed by atoms with van der Waals surface area (Å²) in [6.07, 6.45) is 4.37. The predicted molar refractivity (Wildman–Crippen MR) is 141 cm³/mol. The van der Waals surface area contributed by atoms with E-state index in [1.54, 1.807) is 24.6 Å². The van der Waals surface area contributed by atoms with E-state index in [0.717, 1.165) is 28.6 Å². The summed E-state index contributed by atoms with van der Waals surface area (Å²) in [6, 6.07) is 16.4. The van der Waals surface area contributed by atoms with Crippen LogP contribution < -0.4 is 10.6 Å². The van der Waals surface area contributed by atoms with Crippen LogP contribution >= 0.6 is 11.3 Å². The topological polar surface area (TPSA) is 68.5 Å². The van der Waals surface area contributed by atoms with Crippen LogP contribution in [-0.2, 0) is 11.2 Å². The molecule has 2 aromatic carbocycles. The first-order valence-electron chi connectivity index (χ1n) is 11.6. The first-order chi connectivity index (χ1) is 16.5. The molecule has 0 unspecified atom stereocenters. The Morgan fingerprint density at radius 1 is 1.21 bits per heavy atom. The predicted octanol–water partition coefficient (Wildman–Crippen LogP) is 5.93. The van der Waals surface area contributed by atoms with Crippen molar-refractivity contribution >= 4 is 39.4 Å². The number of carbonyl (C=O) groups excluding carboxylic acids is 1. The van der Waals surface area contributed by atoms with Crippen molar-refractivity contribution in [2.24, 2.45) is 0 Å². The number of Topliss-reactive ketones (excluding diaryl/α,β-unsaturated/α-hetero) is 1. The quantitative estimate of drug-likeness (QED) is 0.242. The van der Waals surface area contributed by atoms with Gasteiger partial charge in [0.15, 0.2) is 5.78 Å². The molecule has 2 aromatic heterocycles. The molecule has 6 heteroatoms. The molecule has 2 heterocycles. The van der Waals surface area contributed by atoms with Gasteiger partial charge in [0.1, 0.15) is 0 Å². The fraction of sp³-hybridized carbons (Fsp3) is 0.286. The van der Waals surface area contributed by atoms with Gasteiger partial charge in [-0.15, -0.1) is 11.3 Å². The number of methoxy groups -OCH3 is 1. The van der Waals surface area contributed by atoms with Crippen molar-refractivity contribution in [2.75, 3.05) is 37.9 Å². The van der Waals surface area contributed by atoms with Crippen LogP contribution in [0.2, 0.25) is 0 Å². The van der Waals surface area contributed by atoms with E-state index >= 15 is 0 Å². The number of ether oxygens (including phenoxy) is 1. The zero-order valence-electron chi connectivity index (χ0n) is 19.6. The minimum Gasteiger partial charge on any atom is -0.398 e. The minimum atomic E-state index is 0.0266. The highest BCUT2D eigenvalue weighted by molar-refractivity contribution is 7.13. The van der Waals surface area contributed by atoms with Gasteiger partial charge in [-0.25, -0.2) is 0 Å². The number of nitrogens with two attached hydrogens (primary N) is 1. The van der Waals surface area contributed by atoms with Crippen LogP contribution in [0.3, 0.4) is 0 Å². The number of fused-ring (bicyclic) bond motifs is 1. The number of benzene rings is 2. The van der Waals surface area contributed by atoms with E-state index in [9.17, 15) is 4.79 Å². The van der Waals surface area contributed by atoms with Crippen LogP contribution in [0.5, 0.6) is 0 Å². The fourth-order valence-corrected chi connectivity index (χ4v) is 5.09. The van der Waals surface area contributed by atoms with Gasteiger partial charge in [0.05, 0.1) is 12.1 Å². The van der Waals surface area contributed by atoms with Crippen LogP contribution in [0, 0.1) is 0 Å². The molecule has 0 aliphatic heterocycles. The number of nitrogen functional groups attached to an aromatic ring is 1. The van der Waals surface area contributed by atoms with E-state index in [1.165, 1.54) is 29.0 Å². The summed E-state index contributed by atoms with van der Waals surface area (Å²) in [5, 5.41) is 3.06. The summed E-state index contributed by atoms with van der Waals surface area (Å²) in [5.41, 5.74) is 12.9. The molecule has 1 saturated carbocycles. The summed E-state index contributed by atoms with van der Waals surface area (Å²) in [6.45, 7) is 1.50. The van der Waals surface area contributed by atoms with Crippen molar-refractivity contribution in [1.29, 1.82) is 0 Å². The highest BCUT2D eigenvalue weighted by atomic mass is 32.1. The van der Waals surface area contributed by atoms with E-state index in [-0.39, 0.29) is 12.2 Å². The van der Waals surface area contributed by atoms with Gasteiger partial charge in [-0.2, -0.15) is 0 Å². The molecule has 0 spiro atoms. The Bertz CT molecular complexity index is 1330. The molecule has 5 nitrogen and oxygen atoms in total. The maximum atomic E-state index is 13.2. The average Bonchev–Trinajstić information content (AvgIpc) is 3.56. The molecule has 0 saturated heterocycles. The Morgan fingerprint density at radius 3 is 2.79 bits per heavy atom. The van der Waals surface area contributed by atoms with Crippen molar-refractivity contribution in [1.82, 2.24) is 4.98 Å². The van der Waals surface area contributed by atoms with Gasteiger partial charge in [0.25, 0.3) is 0 Å².